The summed E-state index contributed by atoms with van der Waals surface area (Å²) in [4.78, 5) is 11.4. The van der Waals surface area contributed by atoms with Crippen molar-refractivity contribution in [3.05, 3.63) is 42.2 Å². The smallest absolute Gasteiger partial charge is 0.162 e. The Labute approximate surface area is 88.1 Å². The Bertz CT molecular complexity index is 443. The molecule has 0 atom stereocenters. The number of aromatic nitrogens is 2. The van der Waals surface area contributed by atoms with Gasteiger partial charge in [-0.05, 0) is 5.56 Å². The molecular formula is C12H12N2O. The molecule has 3 nitrogen and oxygen atoms in total. The Morgan fingerprint density at radius 1 is 1.27 bits per heavy atom. The van der Waals surface area contributed by atoms with Crippen molar-refractivity contribution in [2.75, 3.05) is 0 Å². The standard InChI is InChI=1S/C12H12N2O/c1-2-12(15)10-5-3-9(4-6-10)11-7-13-14-8-11/h3-8H,2H2,1H3,(H,13,14). The largest absolute Gasteiger partial charge is 0.294 e. The molecule has 76 valence electrons. The molecule has 0 saturated heterocycles. The first-order valence-corrected chi connectivity index (χ1v) is 4.93. The van der Waals surface area contributed by atoms with Gasteiger partial charge in [-0.1, -0.05) is 31.2 Å². The van der Waals surface area contributed by atoms with Gasteiger partial charge in [-0.25, -0.2) is 0 Å². The summed E-state index contributed by atoms with van der Waals surface area (Å²) in [6, 6.07) is 7.59. The highest BCUT2D eigenvalue weighted by Gasteiger charge is 2.03. The number of nitrogens with zero attached hydrogens (tertiary/aromatic N) is 1. The third-order valence-corrected chi connectivity index (χ3v) is 2.36. The fraction of sp³-hybridized carbons (Fsp3) is 0.167. The lowest BCUT2D eigenvalue weighted by Crippen LogP contribution is -1.95. The first-order valence-electron chi connectivity index (χ1n) is 4.93. The second-order valence-electron chi connectivity index (χ2n) is 3.34. The van der Waals surface area contributed by atoms with E-state index in [-0.39, 0.29) is 5.78 Å². The van der Waals surface area contributed by atoms with Crippen LogP contribution in [0.1, 0.15) is 23.7 Å². The molecule has 15 heavy (non-hydrogen) atoms. The van der Waals surface area contributed by atoms with E-state index in [4.69, 9.17) is 0 Å². The summed E-state index contributed by atoms with van der Waals surface area (Å²) in [6.07, 6.45) is 4.14. The number of nitrogens with one attached hydrogen (secondary N) is 1. The second-order valence-corrected chi connectivity index (χ2v) is 3.34. The van der Waals surface area contributed by atoms with Crippen molar-refractivity contribution in [1.82, 2.24) is 10.2 Å². The van der Waals surface area contributed by atoms with Gasteiger partial charge < -0.3 is 0 Å². The third-order valence-electron chi connectivity index (χ3n) is 2.36. The van der Waals surface area contributed by atoms with Gasteiger partial charge in [0.1, 0.15) is 0 Å². The number of hydrogen-bond acceptors (Lipinski definition) is 2. The number of ketones is 1. The van der Waals surface area contributed by atoms with Crippen LogP contribution in [0.2, 0.25) is 0 Å². The second kappa shape index (κ2) is 4.09. The van der Waals surface area contributed by atoms with Crippen molar-refractivity contribution in [2.24, 2.45) is 0 Å². The van der Waals surface area contributed by atoms with Gasteiger partial charge in [0, 0.05) is 23.7 Å². The molecule has 0 radical (unpaired) electrons. The highest BCUT2D eigenvalue weighted by Crippen LogP contribution is 2.18. The maximum absolute atomic E-state index is 11.4. The molecule has 3 heteroatoms. The van der Waals surface area contributed by atoms with Crippen LogP contribution < -0.4 is 0 Å². The van der Waals surface area contributed by atoms with E-state index in [9.17, 15) is 4.79 Å². The van der Waals surface area contributed by atoms with Crippen LogP contribution in [0.15, 0.2) is 36.7 Å². The summed E-state index contributed by atoms with van der Waals surface area (Å²) >= 11 is 0. The van der Waals surface area contributed by atoms with Gasteiger partial charge in [0.25, 0.3) is 0 Å². The van der Waals surface area contributed by atoms with E-state index in [1.165, 1.54) is 0 Å². The number of rotatable bonds is 3. The number of benzene rings is 1. The van der Waals surface area contributed by atoms with E-state index in [2.05, 4.69) is 10.2 Å². The van der Waals surface area contributed by atoms with Crippen LogP contribution in [0.5, 0.6) is 0 Å². The zero-order chi connectivity index (χ0) is 10.7. The average molecular weight is 200 g/mol. The molecule has 0 aliphatic carbocycles. The summed E-state index contributed by atoms with van der Waals surface area (Å²) in [5.41, 5.74) is 2.87. The van der Waals surface area contributed by atoms with Gasteiger partial charge in [-0.3, -0.25) is 9.89 Å². The normalized spacial score (nSPS) is 10.2. The Morgan fingerprint density at radius 3 is 2.53 bits per heavy atom. The summed E-state index contributed by atoms with van der Waals surface area (Å²) in [5, 5.41) is 6.64. The van der Waals surface area contributed by atoms with Gasteiger partial charge in [-0.15, -0.1) is 0 Å². The van der Waals surface area contributed by atoms with Crippen molar-refractivity contribution >= 4 is 5.78 Å². The minimum absolute atomic E-state index is 0.175. The summed E-state index contributed by atoms with van der Waals surface area (Å²) in [5.74, 6) is 0.175. The number of H-pyrrole nitrogens is 1. The molecule has 1 heterocycles. The summed E-state index contributed by atoms with van der Waals surface area (Å²) in [6.45, 7) is 1.87. The lowest BCUT2D eigenvalue weighted by molar-refractivity contribution is 0.0988. The molecule has 0 saturated carbocycles. The van der Waals surface area contributed by atoms with Crippen LogP contribution >= 0.6 is 0 Å². The monoisotopic (exact) mass is 200 g/mol. The fourth-order valence-corrected chi connectivity index (χ4v) is 1.46. The average Bonchev–Trinajstić information content (AvgIpc) is 2.82. The molecule has 0 spiro atoms. The van der Waals surface area contributed by atoms with Crippen molar-refractivity contribution in [1.29, 1.82) is 0 Å². The molecule has 0 aliphatic heterocycles. The van der Waals surface area contributed by atoms with Crippen molar-refractivity contribution in [2.45, 2.75) is 13.3 Å². The van der Waals surface area contributed by atoms with Gasteiger partial charge in [0.2, 0.25) is 0 Å². The van der Waals surface area contributed by atoms with Crippen LogP contribution in [-0.2, 0) is 0 Å². The zero-order valence-electron chi connectivity index (χ0n) is 8.53. The summed E-state index contributed by atoms with van der Waals surface area (Å²) < 4.78 is 0. The van der Waals surface area contributed by atoms with Crippen LogP contribution in [0.3, 0.4) is 0 Å². The van der Waals surface area contributed by atoms with Crippen LogP contribution in [-0.4, -0.2) is 16.0 Å². The number of aromatic amines is 1. The number of carbonyl (C=O) groups excluding carboxylic acids is 1. The SMILES string of the molecule is CCC(=O)c1ccc(-c2cn[nH]c2)cc1. The number of hydrogen-bond donors (Lipinski definition) is 1. The van der Waals surface area contributed by atoms with E-state index in [1.807, 2.05) is 37.4 Å². The topological polar surface area (TPSA) is 45.8 Å². The van der Waals surface area contributed by atoms with E-state index in [0.717, 1.165) is 16.7 Å². The zero-order valence-corrected chi connectivity index (χ0v) is 8.53. The van der Waals surface area contributed by atoms with E-state index in [1.54, 1.807) is 6.20 Å². The van der Waals surface area contributed by atoms with Crippen LogP contribution in [0.25, 0.3) is 11.1 Å². The molecule has 1 aromatic heterocycles. The number of carbonyl (C=O) groups is 1. The predicted octanol–water partition coefficient (Wildman–Crippen LogP) is 2.67. The predicted molar refractivity (Wildman–Crippen MR) is 58.6 cm³/mol. The summed E-state index contributed by atoms with van der Waals surface area (Å²) in [7, 11) is 0. The Kier molecular flexibility index (Phi) is 2.63. The molecule has 0 unspecified atom stereocenters. The fourth-order valence-electron chi connectivity index (χ4n) is 1.46. The molecule has 1 N–H and O–H groups in total. The Hall–Kier alpha value is -1.90. The molecule has 0 aliphatic rings. The molecule has 0 bridgehead atoms. The van der Waals surface area contributed by atoms with E-state index >= 15 is 0 Å². The quantitative estimate of drug-likeness (QED) is 0.774. The molecule has 2 rings (SSSR count). The molecule has 2 aromatic rings. The molecular weight excluding hydrogens is 188 g/mol. The highest BCUT2D eigenvalue weighted by molar-refractivity contribution is 5.96. The van der Waals surface area contributed by atoms with Crippen LogP contribution in [0.4, 0.5) is 0 Å². The first kappa shape index (κ1) is 9.65. The minimum atomic E-state index is 0.175. The first-order chi connectivity index (χ1) is 7.31. The van der Waals surface area contributed by atoms with E-state index < -0.39 is 0 Å². The van der Waals surface area contributed by atoms with Gasteiger partial charge >= 0.3 is 0 Å². The third kappa shape index (κ3) is 1.96. The van der Waals surface area contributed by atoms with Crippen molar-refractivity contribution in [3.63, 3.8) is 0 Å². The molecule has 0 fully saturated rings. The maximum Gasteiger partial charge on any atom is 0.162 e. The van der Waals surface area contributed by atoms with Gasteiger partial charge in [-0.2, -0.15) is 5.10 Å². The molecule has 1 aromatic carbocycles. The van der Waals surface area contributed by atoms with Gasteiger partial charge in [0.05, 0.1) is 6.20 Å². The van der Waals surface area contributed by atoms with Crippen molar-refractivity contribution < 1.29 is 4.79 Å². The molecule has 0 amide bonds. The Morgan fingerprint density at radius 2 is 2.00 bits per heavy atom. The highest BCUT2D eigenvalue weighted by atomic mass is 16.1. The minimum Gasteiger partial charge on any atom is -0.294 e. The lowest BCUT2D eigenvalue weighted by Gasteiger charge is -1.99. The Balaban J connectivity index is 2.29. The van der Waals surface area contributed by atoms with Crippen LogP contribution in [0, 0.1) is 0 Å². The lowest BCUT2D eigenvalue weighted by atomic mass is 10.0. The van der Waals surface area contributed by atoms with Crippen molar-refractivity contribution in [3.8, 4) is 11.1 Å². The maximum atomic E-state index is 11.4. The van der Waals surface area contributed by atoms with E-state index in [0.29, 0.717) is 6.42 Å². The van der Waals surface area contributed by atoms with Gasteiger partial charge in [0.15, 0.2) is 5.78 Å². The number of Topliss-reactive ketones (excluding diaryl/α,β-unsaturated/α-hetero) is 1.